The minimum atomic E-state index is -1.15. The second-order valence-electron chi connectivity index (χ2n) is 4.59. The lowest BCUT2D eigenvalue weighted by atomic mass is 10.0. The second kappa shape index (κ2) is 5.44. The first kappa shape index (κ1) is 13.0. The van der Waals surface area contributed by atoms with Gasteiger partial charge < -0.3 is 5.11 Å². The van der Waals surface area contributed by atoms with E-state index in [2.05, 4.69) is 5.32 Å². The molecule has 0 radical (unpaired) electrons. The van der Waals surface area contributed by atoms with Crippen molar-refractivity contribution >= 4 is 5.97 Å². The molecule has 0 amide bonds. The van der Waals surface area contributed by atoms with Gasteiger partial charge in [-0.05, 0) is 18.9 Å². The van der Waals surface area contributed by atoms with Crippen LogP contribution in [0, 0.1) is 11.6 Å². The maximum Gasteiger partial charge on any atom is 0.325 e. The second-order valence-corrected chi connectivity index (χ2v) is 4.59. The highest BCUT2D eigenvalue weighted by Gasteiger charge is 2.27. The number of rotatable bonds is 4. The molecule has 0 spiro atoms. The van der Waals surface area contributed by atoms with Crippen LogP contribution in [0.2, 0.25) is 0 Å². The van der Waals surface area contributed by atoms with Gasteiger partial charge in [-0.2, -0.15) is 0 Å². The lowest BCUT2D eigenvalue weighted by molar-refractivity contribution is -0.140. The van der Waals surface area contributed by atoms with E-state index in [0.29, 0.717) is 6.07 Å². The maximum atomic E-state index is 13.6. The zero-order valence-electron chi connectivity index (χ0n) is 9.83. The molecule has 1 fully saturated rings. The third-order valence-corrected chi connectivity index (χ3v) is 3.28. The average molecular weight is 255 g/mol. The van der Waals surface area contributed by atoms with E-state index in [1.165, 1.54) is 6.07 Å². The molecule has 18 heavy (non-hydrogen) atoms. The van der Waals surface area contributed by atoms with Gasteiger partial charge in [-0.3, -0.25) is 10.1 Å². The van der Waals surface area contributed by atoms with E-state index in [0.717, 1.165) is 31.7 Å². The summed E-state index contributed by atoms with van der Waals surface area (Å²) in [6, 6.07) is 1.95. The van der Waals surface area contributed by atoms with Gasteiger partial charge in [-0.1, -0.05) is 18.9 Å². The van der Waals surface area contributed by atoms with Gasteiger partial charge in [0.25, 0.3) is 0 Å². The molecule has 3 nitrogen and oxygen atoms in total. The van der Waals surface area contributed by atoms with Crippen molar-refractivity contribution in [2.24, 2.45) is 0 Å². The van der Waals surface area contributed by atoms with Gasteiger partial charge in [0.1, 0.15) is 17.7 Å². The summed E-state index contributed by atoms with van der Waals surface area (Å²) in [5.74, 6) is -2.68. The molecule has 1 atom stereocenters. The van der Waals surface area contributed by atoms with E-state index < -0.39 is 23.6 Å². The molecule has 2 rings (SSSR count). The molecule has 1 aromatic rings. The molecule has 0 aliphatic heterocycles. The van der Waals surface area contributed by atoms with Gasteiger partial charge in [0.15, 0.2) is 0 Å². The molecule has 2 N–H and O–H groups in total. The first-order valence-corrected chi connectivity index (χ1v) is 6.01. The molecule has 0 heterocycles. The van der Waals surface area contributed by atoms with Crippen LogP contribution in [-0.4, -0.2) is 17.1 Å². The number of carbonyl (C=O) groups is 1. The van der Waals surface area contributed by atoms with Crippen molar-refractivity contribution in [2.45, 2.75) is 37.8 Å². The summed E-state index contributed by atoms with van der Waals surface area (Å²) in [5.41, 5.74) is -0.0178. The fraction of sp³-hybridized carbons (Fsp3) is 0.462. The van der Waals surface area contributed by atoms with Crippen molar-refractivity contribution in [3.05, 3.63) is 35.4 Å². The molecule has 0 saturated heterocycles. The van der Waals surface area contributed by atoms with E-state index >= 15 is 0 Å². The van der Waals surface area contributed by atoms with E-state index in [1.807, 2.05) is 0 Å². The van der Waals surface area contributed by atoms with Gasteiger partial charge in [-0.15, -0.1) is 0 Å². The van der Waals surface area contributed by atoms with E-state index in [-0.39, 0.29) is 11.6 Å². The fourth-order valence-electron chi connectivity index (χ4n) is 2.36. The molecule has 1 unspecified atom stereocenters. The predicted octanol–water partition coefficient (Wildman–Crippen LogP) is 2.62. The largest absolute Gasteiger partial charge is 0.480 e. The quantitative estimate of drug-likeness (QED) is 0.869. The summed E-state index contributed by atoms with van der Waals surface area (Å²) in [6.45, 7) is 0. The Morgan fingerprint density at radius 1 is 1.33 bits per heavy atom. The molecular weight excluding hydrogens is 240 g/mol. The maximum absolute atomic E-state index is 13.6. The van der Waals surface area contributed by atoms with Crippen molar-refractivity contribution in [1.82, 2.24) is 5.32 Å². The summed E-state index contributed by atoms with van der Waals surface area (Å²) < 4.78 is 26.4. The zero-order chi connectivity index (χ0) is 13.1. The average Bonchev–Trinajstić information content (AvgIpc) is 2.79. The third-order valence-electron chi connectivity index (χ3n) is 3.28. The number of hydrogen-bond donors (Lipinski definition) is 2. The van der Waals surface area contributed by atoms with E-state index in [4.69, 9.17) is 5.11 Å². The lowest BCUT2D eigenvalue weighted by Gasteiger charge is -2.20. The first-order chi connectivity index (χ1) is 8.58. The Morgan fingerprint density at radius 2 is 2.00 bits per heavy atom. The van der Waals surface area contributed by atoms with E-state index in [1.54, 1.807) is 0 Å². The Balaban J connectivity index is 2.20. The Kier molecular flexibility index (Phi) is 3.91. The van der Waals surface area contributed by atoms with Crippen LogP contribution in [0.25, 0.3) is 0 Å². The predicted molar refractivity (Wildman–Crippen MR) is 62.1 cm³/mol. The van der Waals surface area contributed by atoms with Crippen LogP contribution < -0.4 is 5.32 Å². The smallest absolute Gasteiger partial charge is 0.325 e. The Hall–Kier alpha value is -1.49. The Labute approximate surface area is 104 Å². The number of carboxylic acid groups (broad SMARTS) is 1. The van der Waals surface area contributed by atoms with Gasteiger partial charge in [0.2, 0.25) is 0 Å². The topological polar surface area (TPSA) is 49.3 Å². The van der Waals surface area contributed by atoms with Gasteiger partial charge >= 0.3 is 5.97 Å². The van der Waals surface area contributed by atoms with Crippen molar-refractivity contribution in [2.75, 3.05) is 0 Å². The normalized spacial score (nSPS) is 17.9. The standard InChI is InChI=1S/C13H15F2NO2/c14-8-5-6-10(11(15)7-8)12(13(17)18)16-9-3-1-2-4-9/h5-7,9,12,16H,1-4H2,(H,17,18). The highest BCUT2D eigenvalue weighted by molar-refractivity contribution is 5.75. The van der Waals surface area contributed by atoms with Crippen molar-refractivity contribution in [3.63, 3.8) is 0 Å². The SMILES string of the molecule is O=C(O)C(NC1CCCC1)c1ccc(F)cc1F. The molecular formula is C13H15F2NO2. The molecule has 0 aromatic heterocycles. The number of halogens is 2. The highest BCUT2D eigenvalue weighted by atomic mass is 19.1. The monoisotopic (exact) mass is 255 g/mol. The molecule has 0 bridgehead atoms. The zero-order valence-corrected chi connectivity index (χ0v) is 9.83. The van der Waals surface area contributed by atoms with Crippen LogP contribution >= 0.6 is 0 Å². The van der Waals surface area contributed by atoms with E-state index in [9.17, 15) is 13.6 Å². The highest BCUT2D eigenvalue weighted by Crippen LogP contribution is 2.24. The number of nitrogens with one attached hydrogen (secondary N) is 1. The third kappa shape index (κ3) is 2.85. The van der Waals surface area contributed by atoms with Crippen LogP contribution in [0.5, 0.6) is 0 Å². The molecule has 1 aliphatic carbocycles. The van der Waals surface area contributed by atoms with Crippen LogP contribution in [0.4, 0.5) is 8.78 Å². The van der Waals surface area contributed by atoms with Gasteiger partial charge in [0.05, 0.1) is 0 Å². The summed E-state index contributed by atoms with van der Waals surface area (Å²) >= 11 is 0. The number of aliphatic carboxylic acids is 1. The Bertz CT molecular complexity index is 445. The van der Waals surface area contributed by atoms with Crippen LogP contribution in [-0.2, 0) is 4.79 Å². The van der Waals surface area contributed by atoms with Gasteiger partial charge in [-0.25, -0.2) is 8.78 Å². The molecule has 1 aromatic carbocycles. The Morgan fingerprint density at radius 3 is 2.56 bits per heavy atom. The van der Waals surface area contributed by atoms with Crippen LogP contribution in [0.15, 0.2) is 18.2 Å². The molecule has 5 heteroatoms. The molecule has 1 aliphatic rings. The molecule has 1 saturated carbocycles. The first-order valence-electron chi connectivity index (χ1n) is 6.01. The van der Waals surface area contributed by atoms with Crippen molar-refractivity contribution < 1.29 is 18.7 Å². The fourth-order valence-corrected chi connectivity index (χ4v) is 2.36. The minimum absolute atomic E-state index is 0.0178. The van der Waals surface area contributed by atoms with Crippen LogP contribution in [0.1, 0.15) is 37.3 Å². The molecule has 98 valence electrons. The minimum Gasteiger partial charge on any atom is -0.480 e. The van der Waals surface area contributed by atoms with Crippen molar-refractivity contribution in [1.29, 1.82) is 0 Å². The number of carboxylic acids is 1. The number of benzene rings is 1. The lowest BCUT2D eigenvalue weighted by Crippen LogP contribution is -2.36. The number of hydrogen-bond acceptors (Lipinski definition) is 2. The summed E-state index contributed by atoms with van der Waals surface area (Å²) in [4.78, 5) is 11.2. The van der Waals surface area contributed by atoms with Gasteiger partial charge in [0, 0.05) is 17.7 Å². The summed E-state index contributed by atoms with van der Waals surface area (Å²) in [5, 5.41) is 12.1. The van der Waals surface area contributed by atoms with Crippen molar-refractivity contribution in [3.8, 4) is 0 Å². The summed E-state index contributed by atoms with van der Waals surface area (Å²) in [7, 11) is 0. The van der Waals surface area contributed by atoms with Crippen LogP contribution in [0.3, 0.4) is 0 Å². The summed E-state index contributed by atoms with van der Waals surface area (Å²) in [6.07, 6.45) is 3.89.